The lowest BCUT2D eigenvalue weighted by molar-refractivity contribution is -0.122. The van der Waals surface area contributed by atoms with E-state index in [1.807, 2.05) is 0 Å². The molecule has 3 aliphatic rings. The highest BCUT2D eigenvalue weighted by Gasteiger charge is 2.35. The molecule has 0 radical (unpaired) electrons. The van der Waals surface area contributed by atoms with E-state index in [1.54, 1.807) is 0 Å². The highest BCUT2D eigenvalue weighted by atomic mass is 16.6. The summed E-state index contributed by atoms with van der Waals surface area (Å²) in [6.07, 6.45) is 16.1. The maximum absolute atomic E-state index is 6.37. The Morgan fingerprint density at radius 1 is 0.579 bits per heavy atom. The van der Waals surface area contributed by atoms with Crippen molar-refractivity contribution in [3.63, 3.8) is 0 Å². The molecule has 0 N–H and O–H groups in total. The summed E-state index contributed by atoms with van der Waals surface area (Å²) in [4.78, 5) is 0. The average Bonchev–Trinajstić information content (AvgIpc) is 2.50. The van der Waals surface area contributed by atoms with Crippen LogP contribution in [0.3, 0.4) is 0 Å². The van der Waals surface area contributed by atoms with Gasteiger partial charge in [-0.15, -0.1) is 0 Å². The Balaban J connectivity index is 1.70. The third-order valence-electron chi connectivity index (χ3n) is 4.30. The number of hydrogen-bond donors (Lipinski definition) is 0. The van der Waals surface area contributed by atoms with Crippen LogP contribution in [0.25, 0.3) is 0 Å². The van der Waals surface area contributed by atoms with Gasteiger partial charge in [-0.1, -0.05) is 24.3 Å². The zero-order chi connectivity index (χ0) is 12.9. The molecule has 19 heavy (non-hydrogen) atoms. The first kappa shape index (κ1) is 13.3. The summed E-state index contributed by atoms with van der Waals surface area (Å²) in [5.74, 6) is 0. The van der Waals surface area contributed by atoms with Crippen LogP contribution in [-0.2, 0) is 14.2 Å². The molecule has 106 valence electrons. The Morgan fingerprint density at radius 2 is 1.11 bits per heavy atom. The molecule has 0 aliphatic carbocycles. The van der Waals surface area contributed by atoms with Gasteiger partial charge < -0.3 is 14.2 Å². The summed E-state index contributed by atoms with van der Waals surface area (Å²) in [6, 6.07) is 0. The standard InChI is InChI=1S/C16H24O3/c1-3-7-15-13(17-11-5-1)9-10-14-16(19-15)8-4-2-6-12-18-14/h1-2,5-6,13-16H,3-4,7-12H2/b5-1-,6-2-/t13-,14+,15+,16-. The highest BCUT2D eigenvalue weighted by molar-refractivity contribution is 4.93. The van der Waals surface area contributed by atoms with Crippen LogP contribution in [0, 0.1) is 0 Å². The van der Waals surface area contributed by atoms with Gasteiger partial charge in [-0.25, -0.2) is 0 Å². The van der Waals surface area contributed by atoms with Crippen molar-refractivity contribution in [2.45, 2.75) is 62.9 Å². The summed E-state index contributed by atoms with van der Waals surface area (Å²) < 4.78 is 18.3. The fraction of sp³-hybridized carbons (Fsp3) is 0.750. The molecule has 0 unspecified atom stereocenters. The van der Waals surface area contributed by atoms with Crippen molar-refractivity contribution in [3.05, 3.63) is 24.3 Å². The van der Waals surface area contributed by atoms with Crippen LogP contribution in [0.5, 0.6) is 0 Å². The van der Waals surface area contributed by atoms with Gasteiger partial charge in [0.1, 0.15) is 0 Å². The molecule has 0 amide bonds. The maximum Gasteiger partial charge on any atom is 0.0844 e. The van der Waals surface area contributed by atoms with Crippen molar-refractivity contribution < 1.29 is 14.2 Å². The number of hydrogen-bond acceptors (Lipinski definition) is 3. The molecule has 1 fully saturated rings. The molecule has 3 rings (SSSR count). The highest BCUT2D eigenvalue weighted by Crippen LogP contribution is 2.30. The third-order valence-corrected chi connectivity index (χ3v) is 4.30. The lowest BCUT2D eigenvalue weighted by Crippen LogP contribution is -2.36. The normalized spacial score (nSPS) is 43.4. The molecule has 0 bridgehead atoms. The Hall–Kier alpha value is -0.640. The van der Waals surface area contributed by atoms with Crippen LogP contribution in [0.4, 0.5) is 0 Å². The molecule has 0 aromatic rings. The summed E-state index contributed by atoms with van der Waals surface area (Å²) in [6.45, 7) is 1.45. The van der Waals surface area contributed by atoms with Crippen LogP contribution < -0.4 is 0 Å². The molecule has 3 heterocycles. The molecule has 3 aliphatic heterocycles. The van der Waals surface area contributed by atoms with Crippen LogP contribution in [0.1, 0.15) is 38.5 Å². The van der Waals surface area contributed by atoms with E-state index in [-0.39, 0.29) is 24.4 Å². The van der Waals surface area contributed by atoms with Gasteiger partial charge in [-0.3, -0.25) is 0 Å². The van der Waals surface area contributed by atoms with E-state index < -0.39 is 0 Å². The second-order valence-electron chi connectivity index (χ2n) is 5.63. The minimum absolute atomic E-state index is 0.243. The molecular weight excluding hydrogens is 240 g/mol. The van der Waals surface area contributed by atoms with E-state index >= 15 is 0 Å². The molecule has 0 aromatic carbocycles. The minimum Gasteiger partial charge on any atom is -0.371 e. The van der Waals surface area contributed by atoms with Crippen molar-refractivity contribution in [3.8, 4) is 0 Å². The van der Waals surface area contributed by atoms with Gasteiger partial charge in [-0.05, 0) is 38.5 Å². The van der Waals surface area contributed by atoms with Gasteiger partial charge in [0, 0.05) is 0 Å². The first-order chi connectivity index (χ1) is 9.43. The fourth-order valence-electron chi connectivity index (χ4n) is 3.24. The molecule has 4 atom stereocenters. The quantitative estimate of drug-likeness (QED) is 0.629. The van der Waals surface area contributed by atoms with Crippen LogP contribution in [-0.4, -0.2) is 37.6 Å². The average molecular weight is 264 g/mol. The zero-order valence-corrected chi connectivity index (χ0v) is 11.5. The number of rotatable bonds is 0. The number of allylic oxidation sites excluding steroid dienone is 2. The summed E-state index contributed by atoms with van der Waals surface area (Å²) >= 11 is 0. The van der Waals surface area contributed by atoms with Gasteiger partial charge in [-0.2, -0.15) is 0 Å². The van der Waals surface area contributed by atoms with Crippen molar-refractivity contribution >= 4 is 0 Å². The van der Waals surface area contributed by atoms with Gasteiger partial charge in [0.05, 0.1) is 37.6 Å². The topological polar surface area (TPSA) is 27.7 Å². The first-order valence-electron chi connectivity index (χ1n) is 7.62. The number of ether oxygens (including phenoxy) is 3. The monoisotopic (exact) mass is 264 g/mol. The Morgan fingerprint density at radius 3 is 1.63 bits per heavy atom. The van der Waals surface area contributed by atoms with Gasteiger partial charge in [0.25, 0.3) is 0 Å². The van der Waals surface area contributed by atoms with Crippen LogP contribution in [0.15, 0.2) is 24.3 Å². The predicted molar refractivity (Wildman–Crippen MR) is 74.1 cm³/mol. The summed E-state index contributed by atoms with van der Waals surface area (Å²) in [7, 11) is 0. The lowest BCUT2D eigenvalue weighted by Gasteiger charge is -2.30. The number of fused-ring (bicyclic) bond motifs is 2. The molecule has 1 saturated heterocycles. The SMILES string of the molecule is C1=C\CO[C@@H]2CC[C@@H]3OC/C=C\CC[C@H]3O[C@H]2CC/1. The largest absolute Gasteiger partial charge is 0.371 e. The van der Waals surface area contributed by atoms with Crippen LogP contribution >= 0.6 is 0 Å². The van der Waals surface area contributed by atoms with E-state index in [1.165, 1.54) is 0 Å². The van der Waals surface area contributed by atoms with Crippen molar-refractivity contribution in [2.24, 2.45) is 0 Å². The third kappa shape index (κ3) is 3.47. The Labute approximate surface area is 115 Å². The van der Waals surface area contributed by atoms with E-state index in [9.17, 15) is 0 Å². The molecule has 0 saturated carbocycles. The summed E-state index contributed by atoms with van der Waals surface area (Å²) in [5.41, 5.74) is 0. The molecule has 3 heteroatoms. The van der Waals surface area contributed by atoms with E-state index in [0.29, 0.717) is 0 Å². The second-order valence-corrected chi connectivity index (χ2v) is 5.63. The smallest absolute Gasteiger partial charge is 0.0844 e. The molecule has 0 spiro atoms. The molecule has 0 aromatic heterocycles. The lowest BCUT2D eigenvalue weighted by atomic mass is 10.0. The van der Waals surface area contributed by atoms with Gasteiger partial charge in [0.15, 0.2) is 0 Å². The molecule has 3 nitrogen and oxygen atoms in total. The second kappa shape index (κ2) is 6.69. The van der Waals surface area contributed by atoms with Crippen molar-refractivity contribution in [2.75, 3.05) is 13.2 Å². The van der Waals surface area contributed by atoms with Gasteiger partial charge in [0.2, 0.25) is 0 Å². The van der Waals surface area contributed by atoms with E-state index in [0.717, 1.165) is 51.7 Å². The van der Waals surface area contributed by atoms with Gasteiger partial charge >= 0.3 is 0 Å². The summed E-state index contributed by atoms with van der Waals surface area (Å²) in [5, 5.41) is 0. The molecular formula is C16H24O3. The maximum atomic E-state index is 6.37. The Kier molecular flexibility index (Phi) is 4.70. The zero-order valence-electron chi connectivity index (χ0n) is 11.5. The Bertz CT molecular complexity index is 305. The minimum atomic E-state index is 0.243. The van der Waals surface area contributed by atoms with Crippen molar-refractivity contribution in [1.29, 1.82) is 0 Å². The van der Waals surface area contributed by atoms with Crippen molar-refractivity contribution in [1.82, 2.24) is 0 Å². The van der Waals surface area contributed by atoms with Crippen LogP contribution in [0.2, 0.25) is 0 Å². The predicted octanol–water partition coefficient (Wildman–Crippen LogP) is 3.00. The first-order valence-corrected chi connectivity index (χ1v) is 7.62. The van der Waals surface area contributed by atoms with E-state index in [4.69, 9.17) is 14.2 Å². The van der Waals surface area contributed by atoms with E-state index in [2.05, 4.69) is 24.3 Å². The fourth-order valence-corrected chi connectivity index (χ4v) is 3.24.